The van der Waals surface area contributed by atoms with E-state index in [0.717, 1.165) is 28.9 Å². The molecule has 9 heteroatoms. The zero-order valence-electron chi connectivity index (χ0n) is 22.0. The van der Waals surface area contributed by atoms with Crippen LogP contribution in [0, 0.1) is 0 Å². The Bertz CT molecular complexity index is 1660. The van der Waals surface area contributed by atoms with Crippen LogP contribution in [0.1, 0.15) is 49.4 Å². The predicted molar refractivity (Wildman–Crippen MR) is 156 cm³/mol. The molecule has 1 aromatic heterocycles. The van der Waals surface area contributed by atoms with Gasteiger partial charge < -0.3 is 14.6 Å². The van der Waals surface area contributed by atoms with Crippen molar-refractivity contribution < 1.29 is 24.2 Å². The van der Waals surface area contributed by atoms with E-state index in [4.69, 9.17) is 21.1 Å². The second-order valence-corrected chi connectivity index (χ2v) is 11.4. The van der Waals surface area contributed by atoms with Gasteiger partial charge in [-0.25, -0.2) is 4.98 Å². The molecule has 0 aliphatic carbocycles. The largest absolute Gasteiger partial charge is 0.507 e. The summed E-state index contributed by atoms with van der Waals surface area (Å²) in [7, 11) is 0. The third-order valence-electron chi connectivity index (χ3n) is 7.12. The van der Waals surface area contributed by atoms with Gasteiger partial charge in [-0.15, -0.1) is 0 Å². The van der Waals surface area contributed by atoms with Crippen LogP contribution < -0.4 is 14.4 Å². The number of fused-ring (bicyclic) bond motifs is 2. The number of amides is 1. The van der Waals surface area contributed by atoms with Gasteiger partial charge in [-0.3, -0.25) is 14.5 Å². The lowest BCUT2D eigenvalue weighted by atomic mass is 9.94. The summed E-state index contributed by atoms with van der Waals surface area (Å²) >= 11 is 7.46. The minimum Gasteiger partial charge on any atom is -0.507 e. The first-order valence-corrected chi connectivity index (χ1v) is 14.4. The van der Waals surface area contributed by atoms with E-state index in [9.17, 15) is 14.7 Å². The first-order chi connectivity index (χ1) is 19.3. The number of unbranched alkanes of at least 4 members (excludes halogenated alkanes) is 1. The highest BCUT2D eigenvalue weighted by atomic mass is 35.5. The van der Waals surface area contributed by atoms with Crippen LogP contribution in [-0.4, -0.2) is 34.5 Å². The molecule has 0 unspecified atom stereocenters. The highest BCUT2D eigenvalue weighted by Gasteiger charge is 2.48. The number of thiazole rings is 1. The number of benzene rings is 3. The summed E-state index contributed by atoms with van der Waals surface area (Å²) in [6.07, 6.45) is 2.69. The minimum absolute atomic E-state index is 0.00820. The number of hydrogen-bond donors (Lipinski definition) is 1. The number of Topliss-reactive ketones (excluding diaryl/α,β-unsaturated/α-hetero) is 1. The molecule has 2 atom stereocenters. The molecule has 1 N–H and O–H groups in total. The quantitative estimate of drug-likeness (QED) is 0.110. The van der Waals surface area contributed by atoms with E-state index in [1.807, 2.05) is 37.3 Å². The van der Waals surface area contributed by atoms with Crippen LogP contribution in [0.15, 0.2) is 66.2 Å². The normalized spacial score (nSPS) is 19.7. The number of rotatable bonds is 7. The lowest BCUT2D eigenvalue weighted by molar-refractivity contribution is -0.132. The van der Waals surface area contributed by atoms with Crippen molar-refractivity contribution in [2.24, 2.45) is 0 Å². The first-order valence-electron chi connectivity index (χ1n) is 13.2. The maximum absolute atomic E-state index is 13.6. The number of ether oxygens (including phenoxy) is 2. The van der Waals surface area contributed by atoms with Gasteiger partial charge in [0.15, 0.2) is 5.13 Å². The number of aliphatic hydroxyl groups excluding tert-OH is 1. The first kappa shape index (κ1) is 26.3. The fourth-order valence-electron chi connectivity index (χ4n) is 5.14. The van der Waals surface area contributed by atoms with Crippen LogP contribution in [0.5, 0.6) is 11.5 Å². The van der Waals surface area contributed by atoms with E-state index in [2.05, 4.69) is 11.9 Å². The molecular weight excluding hydrogens is 548 g/mol. The molecule has 1 amide bonds. The molecule has 2 aliphatic rings. The van der Waals surface area contributed by atoms with Crippen molar-refractivity contribution in [3.05, 3.63) is 87.9 Å². The standard InChI is InChI=1S/C31H27ClN2O5S/c1-3-4-13-38-22-9-5-18(6-10-22)27-26(28(35)19-7-12-24-20(15-19)14-17(2)39-24)29(36)30(37)34(27)31-33-23-11-8-21(32)16-25(23)40-31/h5-12,15-17,27,35H,3-4,13-14H2,1-2H3/t17-,27+/m1/s1. The summed E-state index contributed by atoms with van der Waals surface area (Å²) in [6, 6.07) is 17.0. The van der Waals surface area contributed by atoms with Gasteiger partial charge in [0, 0.05) is 17.0 Å². The van der Waals surface area contributed by atoms with Crippen LogP contribution in [0.25, 0.3) is 16.0 Å². The van der Waals surface area contributed by atoms with Crippen molar-refractivity contribution in [3.8, 4) is 11.5 Å². The van der Waals surface area contributed by atoms with Crippen molar-refractivity contribution in [3.63, 3.8) is 0 Å². The summed E-state index contributed by atoms with van der Waals surface area (Å²) in [5.74, 6) is -0.309. The molecule has 6 rings (SSSR count). The molecule has 4 aromatic rings. The lowest BCUT2D eigenvalue weighted by Crippen LogP contribution is -2.29. The van der Waals surface area contributed by atoms with E-state index in [0.29, 0.717) is 45.6 Å². The Labute approximate surface area is 240 Å². The summed E-state index contributed by atoms with van der Waals surface area (Å²) < 4.78 is 12.4. The summed E-state index contributed by atoms with van der Waals surface area (Å²) in [6.45, 7) is 4.68. The average Bonchev–Trinajstić information content (AvgIpc) is 3.60. The van der Waals surface area contributed by atoms with Gasteiger partial charge in [0.1, 0.15) is 23.4 Å². The third kappa shape index (κ3) is 4.71. The van der Waals surface area contributed by atoms with E-state index >= 15 is 0 Å². The topological polar surface area (TPSA) is 89.0 Å². The number of carbonyl (C=O) groups excluding carboxylic acids is 2. The third-order valence-corrected chi connectivity index (χ3v) is 8.37. The highest BCUT2D eigenvalue weighted by molar-refractivity contribution is 7.22. The molecule has 0 saturated carbocycles. The Morgan fingerprint density at radius 1 is 1.15 bits per heavy atom. The zero-order chi connectivity index (χ0) is 28.0. The molecule has 2 aliphatic heterocycles. The van der Waals surface area contributed by atoms with E-state index in [-0.39, 0.29) is 17.4 Å². The Balaban J connectivity index is 1.47. The van der Waals surface area contributed by atoms with Crippen LogP contribution in [0.3, 0.4) is 0 Å². The van der Waals surface area contributed by atoms with Gasteiger partial charge in [-0.2, -0.15) is 0 Å². The number of halogens is 1. The number of hydrogen-bond acceptors (Lipinski definition) is 7. The summed E-state index contributed by atoms with van der Waals surface area (Å²) in [5.41, 5.74) is 2.72. The highest BCUT2D eigenvalue weighted by Crippen LogP contribution is 2.45. The summed E-state index contributed by atoms with van der Waals surface area (Å²) in [5, 5.41) is 12.5. The molecule has 0 bridgehead atoms. The van der Waals surface area contributed by atoms with Crippen LogP contribution in [0.2, 0.25) is 5.02 Å². The van der Waals surface area contributed by atoms with Crippen molar-refractivity contribution >= 4 is 55.7 Å². The van der Waals surface area contributed by atoms with Gasteiger partial charge in [-0.05, 0) is 73.0 Å². The second kappa shape index (κ2) is 10.6. The lowest BCUT2D eigenvalue weighted by Gasteiger charge is -2.23. The molecule has 40 heavy (non-hydrogen) atoms. The number of carbonyl (C=O) groups is 2. The van der Waals surface area contributed by atoms with Gasteiger partial charge in [-0.1, -0.05) is 48.4 Å². The maximum Gasteiger partial charge on any atom is 0.301 e. The van der Waals surface area contributed by atoms with Crippen LogP contribution in [-0.2, 0) is 16.0 Å². The minimum atomic E-state index is -0.885. The van der Waals surface area contributed by atoms with Gasteiger partial charge >= 0.3 is 5.91 Å². The molecule has 3 aromatic carbocycles. The number of anilines is 1. The molecule has 7 nitrogen and oxygen atoms in total. The molecule has 0 radical (unpaired) electrons. The molecule has 204 valence electrons. The zero-order valence-corrected chi connectivity index (χ0v) is 23.6. The number of nitrogens with zero attached hydrogens (tertiary/aromatic N) is 2. The molecular formula is C31H27ClN2O5S. The van der Waals surface area contributed by atoms with E-state index < -0.39 is 17.7 Å². The fraction of sp³-hybridized carbons (Fsp3) is 0.258. The van der Waals surface area contributed by atoms with Gasteiger partial charge in [0.2, 0.25) is 0 Å². The monoisotopic (exact) mass is 574 g/mol. The Kier molecular flexibility index (Phi) is 6.98. The second-order valence-electron chi connectivity index (χ2n) is 10.0. The van der Waals surface area contributed by atoms with E-state index in [1.54, 1.807) is 30.3 Å². The van der Waals surface area contributed by atoms with Gasteiger partial charge in [0.25, 0.3) is 5.78 Å². The number of ketones is 1. The molecule has 1 saturated heterocycles. The van der Waals surface area contributed by atoms with Crippen molar-refractivity contribution in [1.82, 2.24) is 4.98 Å². The SMILES string of the molecule is CCCCOc1ccc([C@H]2C(=C(O)c3ccc4c(c3)C[C@@H](C)O4)C(=O)C(=O)N2c2nc3ccc(Cl)cc3s2)cc1. The van der Waals surface area contributed by atoms with Crippen molar-refractivity contribution in [2.45, 2.75) is 45.3 Å². The Hall–Kier alpha value is -3.88. The average molecular weight is 575 g/mol. The van der Waals surface area contributed by atoms with E-state index in [1.165, 1.54) is 16.2 Å². The Morgan fingerprint density at radius 2 is 1.95 bits per heavy atom. The van der Waals surface area contributed by atoms with Crippen molar-refractivity contribution in [1.29, 1.82) is 0 Å². The maximum atomic E-state index is 13.6. The van der Waals surface area contributed by atoms with Gasteiger partial charge in [0.05, 0.1) is 28.4 Å². The fourth-order valence-corrected chi connectivity index (χ4v) is 6.41. The number of aliphatic hydroxyl groups is 1. The van der Waals surface area contributed by atoms with Crippen molar-refractivity contribution in [2.75, 3.05) is 11.5 Å². The Morgan fingerprint density at radius 3 is 2.73 bits per heavy atom. The van der Waals surface area contributed by atoms with Crippen LogP contribution >= 0.6 is 22.9 Å². The predicted octanol–water partition coefficient (Wildman–Crippen LogP) is 7.08. The number of aromatic nitrogens is 1. The molecule has 1 fully saturated rings. The van der Waals surface area contributed by atoms with Crippen LogP contribution in [0.4, 0.5) is 5.13 Å². The molecule has 3 heterocycles. The smallest absolute Gasteiger partial charge is 0.301 e. The molecule has 0 spiro atoms. The summed E-state index contributed by atoms with van der Waals surface area (Å²) in [4.78, 5) is 33.2.